The van der Waals surface area contributed by atoms with Gasteiger partial charge in [0.25, 0.3) is 5.56 Å². The zero-order valence-electron chi connectivity index (χ0n) is 10.8. The van der Waals surface area contributed by atoms with Crippen molar-refractivity contribution in [1.29, 1.82) is 0 Å². The van der Waals surface area contributed by atoms with Crippen LogP contribution in [0, 0.1) is 0 Å². The van der Waals surface area contributed by atoms with E-state index >= 15 is 0 Å². The number of hydrogen-bond acceptors (Lipinski definition) is 4. The molecule has 0 saturated carbocycles. The van der Waals surface area contributed by atoms with Crippen LogP contribution < -0.4 is 20.9 Å². The first-order chi connectivity index (χ1) is 9.70. The highest BCUT2D eigenvalue weighted by Crippen LogP contribution is 2.05. The van der Waals surface area contributed by atoms with Crippen LogP contribution in [0.5, 0.6) is 0 Å². The monoisotopic (exact) mass is 274 g/mol. The van der Waals surface area contributed by atoms with Gasteiger partial charge >= 0.3 is 5.69 Å². The van der Waals surface area contributed by atoms with Crippen molar-refractivity contribution < 1.29 is 9.68 Å². The Balaban J connectivity index is 2.74. The van der Waals surface area contributed by atoms with Gasteiger partial charge in [-0.05, 0) is 12.1 Å². The van der Waals surface area contributed by atoms with Crippen LogP contribution in [0.4, 0.5) is 0 Å². The highest BCUT2D eigenvalue weighted by atomic mass is 16.7. The molecule has 1 aromatic heterocycles. The second-order valence-electron chi connectivity index (χ2n) is 3.86. The Hall–Kier alpha value is -2.76. The molecule has 0 atom stereocenters. The Labute approximate surface area is 114 Å². The molecule has 1 aromatic carbocycles. The smallest absolute Gasteiger partial charge is 0.398 e. The molecule has 2 rings (SSSR count). The third-order valence-electron chi connectivity index (χ3n) is 2.53. The lowest BCUT2D eigenvalue weighted by molar-refractivity contribution is 0.0725. The summed E-state index contributed by atoms with van der Waals surface area (Å²) in [6.45, 7) is 7.16. The van der Waals surface area contributed by atoms with Gasteiger partial charge in [0.15, 0.2) is 0 Å². The van der Waals surface area contributed by atoms with E-state index in [-0.39, 0.29) is 13.2 Å². The Kier molecular flexibility index (Phi) is 4.05. The third-order valence-corrected chi connectivity index (χ3v) is 2.53. The van der Waals surface area contributed by atoms with Crippen molar-refractivity contribution in [3.05, 3.63) is 70.4 Å². The average Bonchev–Trinajstić information content (AvgIpc) is 2.47. The van der Waals surface area contributed by atoms with Crippen LogP contribution in [0.25, 0.3) is 10.9 Å². The zero-order chi connectivity index (χ0) is 14.5. The van der Waals surface area contributed by atoms with Gasteiger partial charge in [-0.1, -0.05) is 42.2 Å². The lowest BCUT2D eigenvalue weighted by Gasteiger charge is -2.13. The fourth-order valence-electron chi connectivity index (χ4n) is 1.71. The minimum atomic E-state index is -0.711. The molecular weight excluding hydrogens is 260 g/mol. The highest BCUT2D eigenvalue weighted by molar-refractivity contribution is 5.77. The number of rotatable bonds is 6. The van der Waals surface area contributed by atoms with E-state index in [2.05, 4.69) is 13.2 Å². The molecule has 0 spiro atoms. The van der Waals surface area contributed by atoms with Crippen molar-refractivity contribution in [2.75, 3.05) is 13.2 Å². The van der Waals surface area contributed by atoms with Gasteiger partial charge in [-0.2, -0.15) is 0 Å². The van der Waals surface area contributed by atoms with Crippen LogP contribution in [-0.2, 0) is 0 Å². The molecule has 0 N–H and O–H groups in total. The SMILES string of the molecule is C=CCOn1c(=O)c2ccccc2n(OCC=C)c1=O. The van der Waals surface area contributed by atoms with Crippen molar-refractivity contribution in [3.8, 4) is 0 Å². The van der Waals surface area contributed by atoms with Crippen molar-refractivity contribution >= 4 is 10.9 Å². The summed E-state index contributed by atoms with van der Waals surface area (Å²) in [5, 5.41) is 0.320. The van der Waals surface area contributed by atoms with E-state index in [9.17, 15) is 9.59 Å². The minimum Gasteiger partial charge on any atom is -0.405 e. The Bertz CT molecular complexity index is 758. The molecule has 104 valence electrons. The highest BCUT2D eigenvalue weighted by Gasteiger charge is 2.14. The van der Waals surface area contributed by atoms with Crippen molar-refractivity contribution in [2.45, 2.75) is 0 Å². The van der Waals surface area contributed by atoms with Crippen molar-refractivity contribution in [1.82, 2.24) is 9.46 Å². The lowest BCUT2D eigenvalue weighted by Crippen LogP contribution is -2.45. The quantitative estimate of drug-likeness (QED) is 0.715. The van der Waals surface area contributed by atoms with Gasteiger partial charge < -0.3 is 9.68 Å². The van der Waals surface area contributed by atoms with Crippen molar-refractivity contribution in [3.63, 3.8) is 0 Å². The predicted octanol–water partition coefficient (Wildman–Crippen LogP) is 0.392. The maximum Gasteiger partial charge on any atom is 0.398 e. The van der Waals surface area contributed by atoms with Gasteiger partial charge in [0.1, 0.15) is 13.2 Å². The predicted molar refractivity (Wildman–Crippen MR) is 75.8 cm³/mol. The molecule has 6 heteroatoms. The zero-order valence-corrected chi connectivity index (χ0v) is 10.8. The molecule has 0 saturated heterocycles. The van der Waals surface area contributed by atoms with Gasteiger partial charge in [-0.3, -0.25) is 4.79 Å². The van der Waals surface area contributed by atoms with E-state index in [1.165, 1.54) is 12.2 Å². The molecule has 0 amide bonds. The number of hydrogen-bond donors (Lipinski definition) is 0. The minimum absolute atomic E-state index is 0.0367. The molecule has 20 heavy (non-hydrogen) atoms. The lowest BCUT2D eigenvalue weighted by atomic mass is 10.2. The molecule has 1 heterocycles. The topological polar surface area (TPSA) is 62.5 Å². The molecular formula is C14H14N2O4. The molecule has 6 nitrogen and oxygen atoms in total. The second kappa shape index (κ2) is 5.92. The first kappa shape index (κ1) is 13.7. The maximum atomic E-state index is 12.2. The van der Waals surface area contributed by atoms with E-state index in [1.807, 2.05) is 0 Å². The van der Waals surface area contributed by atoms with E-state index < -0.39 is 11.2 Å². The Morgan fingerprint density at radius 3 is 2.25 bits per heavy atom. The summed E-state index contributed by atoms with van der Waals surface area (Å²) in [4.78, 5) is 34.8. The molecule has 0 unspecified atom stereocenters. The Morgan fingerprint density at radius 2 is 1.60 bits per heavy atom. The molecule has 0 aliphatic heterocycles. The first-order valence-corrected chi connectivity index (χ1v) is 5.96. The fourth-order valence-corrected chi connectivity index (χ4v) is 1.71. The van der Waals surface area contributed by atoms with Crippen LogP contribution in [0.1, 0.15) is 0 Å². The standard InChI is InChI=1S/C14H14N2O4/c1-3-9-19-15-12-8-6-5-7-11(12)13(17)16(14(15)18)20-10-4-2/h3-8H,1-2,9-10H2. The molecule has 2 aromatic rings. The summed E-state index contributed by atoms with van der Waals surface area (Å²) < 4.78 is 1.68. The average molecular weight is 274 g/mol. The van der Waals surface area contributed by atoms with E-state index in [0.717, 1.165) is 4.73 Å². The summed E-state index contributed by atoms with van der Waals surface area (Å²) in [6, 6.07) is 6.63. The van der Waals surface area contributed by atoms with Crippen LogP contribution in [0.15, 0.2) is 59.2 Å². The molecule has 0 aliphatic rings. The number of aromatic nitrogens is 2. The van der Waals surface area contributed by atoms with E-state index in [0.29, 0.717) is 15.6 Å². The van der Waals surface area contributed by atoms with Crippen LogP contribution in [0.2, 0.25) is 0 Å². The first-order valence-electron chi connectivity index (χ1n) is 5.96. The molecule has 0 bridgehead atoms. The summed E-state index contributed by atoms with van der Waals surface area (Å²) in [5.74, 6) is 0. The molecule has 0 fully saturated rings. The van der Waals surface area contributed by atoms with Gasteiger partial charge in [0.2, 0.25) is 0 Å². The van der Waals surface area contributed by atoms with E-state index in [1.54, 1.807) is 24.3 Å². The summed E-state index contributed by atoms with van der Waals surface area (Å²) in [7, 11) is 0. The summed E-state index contributed by atoms with van der Waals surface area (Å²) in [6.07, 6.45) is 2.94. The summed E-state index contributed by atoms with van der Waals surface area (Å²) in [5.41, 5.74) is -0.869. The molecule has 0 radical (unpaired) electrons. The maximum absolute atomic E-state index is 12.2. The number of para-hydroxylation sites is 1. The summed E-state index contributed by atoms with van der Waals surface area (Å²) >= 11 is 0. The van der Waals surface area contributed by atoms with Gasteiger partial charge in [0, 0.05) is 0 Å². The normalized spacial score (nSPS) is 10.2. The number of fused-ring (bicyclic) bond motifs is 1. The van der Waals surface area contributed by atoms with Crippen LogP contribution in [0.3, 0.4) is 0 Å². The largest absolute Gasteiger partial charge is 0.405 e. The van der Waals surface area contributed by atoms with Gasteiger partial charge in [0.05, 0.1) is 10.9 Å². The third kappa shape index (κ3) is 2.35. The van der Waals surface area contributed by atoms with E-state index in [4.69, 9.17) is 9.68 Å². The van der Waals surface area contributed by atoms with Crippen LogP contribution >= 0.6 is 0 Å². The number of benzene rings is 1. The van der Waals surface area contributed by atoms with Gasteiger partial charge in [-0.15, -0.1) is 4.73 Å². The van der Waals surface area contributed by atoms with Gasteiger partial charge in [-0.25, -0.2) is 4.79 Å². The Morgan fingerprint density at radius 1 is 1.00 bits per heavy atom. The molecule has 0 aliphatic carbocycles. The van der Waals surface area contributed by atoms with Crippen LogP contribution in [-0.4, -0.2) is 22.7 Å². The fraction of sp³-hybridized carbons (Fsp3) is 0.143. The second-order valence-corrected chi connectivity index (χ2v) is 3.86. The van der Waals surface area contributed by atoms with Crippen molar-refractivity contribution in [2.24, 2.45) is 0 Å². The number of nitrogens with zero attached hydrogens (tertiary/aromatic N) is 2.